The summed E-state index contributed by atoms with van der Waals surface area (Å²) in [4.78, 5) is 9.08. The molecule has 2 aromatic heterocycles. The Kier molecular flexibility index (Phi) is 8.75. The number of halogens is 1. The minimum atomic E-state index is 0.00610. The lowest BCUT2D eigenvalue weighted by Gasteiger charge is -2.29. The molecule has 1 unspecified atom stereocenters. The molecule has 0 aromatic carbocycles. The van der Waals surface area contributed by atoms with E-state index in [9.17, 15) is 5.26 Å². The van der Waals surface area contributed by atoms with Crippen LogP contribution in [0.3, 0.4) is 0 Å². The lowest BCUT2D eigenvalue weighted by molar-refractivity contribution is 0.154. The highest BCUT2D eigenvalue weighted by atomic mass is 127. The van der Waals surface area contributed by atoms with Crippen molar-refractivity contribution >= 4 is 34.8 Å². The van der Waals surface area contributed by atoms with Gasteiger partial charge in [-0.3, -0.25) is 0 Å². The molecule has 1 atom stereocenters. The number of nitrogens with zero attached hydrogens (tertiary/aromatic N) is 7. The Morgan fingerprint density at radius 2 is 2.19 bits per heavy atom. The molecule has 2 N–H and O–H groups in total. The quantitative estimate of drug-likeness (QED) is 0.122. The zero-order chi connectivity index (χ0) is 22.9. The van der Waals surface area contributed by atoms with Gasteiger partial charge in [0.15, 0.2) is 5.82 Å². The molecule has 0 saturated carbocycles. The van der Waals surface area contributed by atoms with Crippen molar-refractivity contribution in [2.24, 2.45) is 15.8 Å². The number of rotatable bonds is 10. The maximum absolute atomic E-state index is 9.44. The van der Waals surface area contributed by atoms with Gasteiger partial charge in [0.25, 0.3) is 0 Å². The number of aromatic nitrogens is 3. The number of allylic oxidation sites excluding steroid dienone is 1. The number of amidine groups is 1. The molecule has 0 amide bonds. The third kappa shape index (κ3) is 5.72. The van der Waals surface area contributed by atoms with E-state index in [0.717, 1.165) is 24.2 Å². The number of ether oxygens (including phenoxy) is 1. The van der Waals surface area contributed by atoms with E-state index in [1.54, 1.807) is 40.6 Å². The highest BCUT2D eigenvalue weighted by Crippen LogP contribution is 2.31. The maximum atomic E-state index is 9.44. The largest absolute Gasteiger partial charge is 0.386 e. The van der Waals surface area contributed by atoms with Crippen LogP contribution in [0.5, 0.6) is 0 Å². The molecule has 2 aromatic rings. The molecule has 0 fully saturated rings. The Balaban J connectivity index is 1.85. The van der Waals surface area contributed by atoms with Gasteiger partial charge < -0.3 is 10.5 Å². The van der Waals surface area contributed by atoms with E-state index in [1.165, 1.54) is 5.57 Å². The molecule has 0 bridgehead atoms. The normalized spacial score (nSPS) is 16.5. The van der Waals surface area contributed by atoms with E-state index in [1.807, 2.05) is 13.0 Å². The third-order valence-electron chi connectivity index (χ3n) is 4.87. The summed E-state index contributed by atoms with van der Waals surface area (Å²) < 4.78 is 7.08. The van der Waals surface area contributed by atoms with E-state index < -0.39 is 0 Å². The van der Waals surface area contributed by atoms with E-state index in [4.69, 9.17) is 15.5 Å². The maximum Gasteiger partial charge on any atom is 0.171 e. The number of hydrogen-bond acceptors (Lipinski definition) is 7. The van der Waals surface area contributed by atoms with E-state index in [-0.39, 0.29) is 4.05 Å². The molecule has 0 saturated heterocycles. The molecule has 168 valence electrons. The molecular formula is C22H27IN8O. The smallest absolute Gasteiger partial charge is 0.171 e. The fourth-order valence-electron chi connectivity index (χ4n) is 3.34. The first-order valence-corrected chi connectivity index (χ1v) is 11.8. The van der Waals surface area contributed by atoms with Crippen molar-refractivity contribution in [3.05, 3.63) is 53.1 Å². The van der Waals surface area contributed by atoms with Gasteiger partial charge in [0, 0.05) is 31.8 Å². The van der Waals surface area contributed by atoms with Crippen LogP contribution >= 0.6 is 22.6 Å². The van der Waals surface area contributed by atoms with Crippen LogP contribution in [0.25, 0.3) is 5.82 Å². The molecule has 3 heterocycles. The van der Waals surface area contributed by atoms with E-state index in [2.05, 4.69) is 50.8 Å². The molecule has 3 rings (SSSR count). The van der Waals surface area contributed by atoms with Gasteiger partial charge in [-0.15, -0.1) is 0 Å². The number of pyridine rings is 1. The molecular weight excluding hydrogens is 519 g/mol. The SMILES string of the molecule is CCCC1=C(Cc2ccnn2-c2ncccc2C#N)N=CN(/N=C(\N)CCOCC)C1I. The number of hydrogen-bond donors (Lipinski definition) is 1. The average Bonchev–Trinajstić information content (AvgIpc) is 3.26. The van der Waals surface area contributed by atoms with Crippen molar-refractivity contribution in [3.63, 3.8) is 0 Å². The van der Waals surface area contributed by atoms with Gasteiger partial charge in [-0.25, -0.2) is 19.7 Å². The lowest BCUT2D eigenvalue weighted by Crippen LogP contribution is -2.33. The number of hydrazone groups is 1. The zero-order valence-corrected chi connectivity index (χ0v) is 20.4. The van der Waals surface area contributed by atoms with Crippen LogP contribution in [-0.4, -0.2) is 49.2 Å². The summed E-state index contributed by atoms with van der Waals surface area (Å²) in [5.41, 5.74) is 9.65. The standard InChI is InChI=1S/C22H27IN8O/c1-3-6-18-19(27-15-30(21(18)23)29-20(25)9-12-32-4-2)13-17-8-11-28-31(17)22-16(14-24)7-5-10-26-22/h5,7-8,10-11,15,21H,3-4,6,9,12-13H2,1-2H3,(H2,25,29). The van der Waals surface area contributed by atoms with Crippen molar-refractivity contribution in [2.45, 2.75) is 43.6 Å². The predicted octanol–water partition coefficient (Wildman–Crippen LogP) is 3.54. The summed E-state index contributed by atoms with van der Waals surface area (Å²) in [6, 6.07) is 7.60. The van der Waals surface area contributed by atoms with Crippen molar-refractivity contribution in [1.29, 1.82) is 5.26 Å². The van der Waals surface area contributed by atoms with Crippen LogP contribution in [0.4, 0.5) is 0 Å². The average molecular weight is 546 g/mol. The van der Waals surface area contributed by atoms with Gasteiger partial charge in [0.1, 0.15) is 22.3 Å². The topological polar surface area (TPSA) is 118 Å². The molecule has 32 heavy (non-hydrogen) atoms. The number of aliphatic imine (C=N–C) groups is 1. The summed E-state index contributed by atoms with van der Waals surface area (Å²) in [6.07, 6.45) is 8.14. The Bertz CT molecular complexity index is 1050. The van der Waals surface area contributed by atoms with Gasteiger partial charge >= 0.3 is 0 Å². The van der Waals surface area contributed by atoms with E-state index in [0.29, 0.717) is 43.3 Å². The second-order valence-corrected chi connectivity index (χ2v) is 8.30. The monoisotopic (exact) mass is 546 g/mol. The molecule has 1 aliphatic heterocycles. The molecule has 0 aliphatic carbocycles. The van der Waals surface area contributed by atoms with Crippen LogP contribution < -0.4 is 5.73 Å². The van der Waals surface area contributed by atoms with Gasteiger partial charge in [0.05, 0.1) is 23.6 Å². The summed E-state index contributed by atoms with van der Waals surface area (Å²) in [7, 11) is 0. The second-order valence-electron chi connectivity index (χ2n) is 7.12. The van der Waals surface area contributed by atoms with Crippen LogP contribution in [0, 0.1) is 11.3 Å². The number of alkyl halides is 1. The third-order valence-corrected chi connectivity index (χ3v) is 6.19. The van der Waals surface area contributed by atoms with E-state index >= 15 is 0 Å². The molecule has 9 nitrogen and oxygen atoms in total. The summed E-state index contributed by atoms with van der Waals surface area (Å²) in [6.45, 7) is 5.31. The number of nitriles is 1. The fourth-order valence-corrected chi connectivity index (χ4v) is 4.27. The number of nitrogens with two attached hydrogens (primary N) is 1. The summed E-state index contributed by atoms with van der Waals surface area (Å²) in [5.74, 6) is 1.04. The van der Waals surface area contributed by atoms with Gasteiger partial charge in [0.2, 0.25) is 0 Å². The van der Waals surface area contributed by atoms with Crippen LogP contribution in [-0.2, 0) is 11.2 Å². The molecule has 0 radical (unpaired) electrons. The van der Waals surface area contributed by atoms with Crippen LogP contribution in [0.1, 0.15) is 44.4 Å². The van der Waals surface area contributed by atoms with Crippen molar-refractivity contribution < 1.29 is 4.74 Å². The zero-order valence-electron chi connectivity index (χ0n) is 18.3. The van der Waals surface area contributed by atoms with Gasteiger partial charge in [-0.2, -0.15) is 15.5 Å². The highest BCUT2D eigenvalue weighted by molar-refractivity contribution is 14.1. The predicted molar refractivity (Wildman–Crippen MR) is 133 cm³/mol. The molecule has 1 aliphatic rings. The Morgan fingerprint density at radius 1 is 1.34 bits per heavy atom. The minimum Gasteiger partial charge on any atom is -0.386 e. The van der Waals surface area contributed by atoms with Crippen molar-refractivity contribution in [3.8, 4) is 11.9 Å². The first kappa shape index (κ1) is 23.9. The molecule has 0 spiro atoms. The first-order valence-electron chi connectivity index (χ1n) is 10.6. The van der Waals surface area contributed by atoms with Gasteiger partial charge in [-0.05, 0) is 37.1 Å². The lowest BCUT2D eigenvalue weighted by atomic mass is 10.0. The summed E-state index contributed by atoms with van der Waals surface area (Å²) in [5, 5.41) is 20.2. The molecule has 10 heteroatoms. The van der Waals surface area contributed by atoms with Crippen molar-refractivity contribution in [2.75, 3.05) is 13.2 Å². The van der Waals surface area contributed by atoms with Crippen LogP contribution in [0.2, 0.25) is 0 Å². The second kappa shape index (κ2) is 11.7. The Hall–Kier alpha value is -2.78. The Labute approximate surface area is 201 Å². The van der Waals surface area contributed by atoms with Gasteiger partial charge in [-0.1, -0.05) is 35.9 Å². The van der Waals surface area contributed by atoms with Crippen LogP contribution in [0.15, 0.2) is 52.0 Å². The Morgan fingerprint density at radius 3 is 2.94 bits per heavy atom. The minimum absolute atomic E-state index is 0.00610. The summed E-state index contributed by atoms with van der Waals surface area (Å²) >= 11 is 2.38. The first-order chi connectivity index (χ1) is 15.6. The van der Waals surface area contributed by atoms with Crippen molar-refractivity contribution in [1.82, 2.24) is 19.8 Å². The highest BCUT2D eigenvalue weighted by Gasteiger charge is 2.25. The fraction of sp³-hybridized carbons (Fsp3) is 0.409.